The van der Waals surface area contributed by atoms with Crippen LogP contribution in [-0.4, -0.2) is 28.8 Å². The van der Waals surface area contributed by atoms with E-state index in [2.05, 4.69) is 5.32 Å². The minimum atomic E-state index is -0.529. The van der Waals surface area contributed by atoms with E-state index < -0.39 is 6.04 Å². The first kappa shape index (κ1) is 18.7. The van der Waals surface area contributed by atoms with Crippen molar-refractivity contribution in [2.24, 2.45) is 0 Å². The monoisotopic (exact) mass is 338 g/mol. The van der Waals surface area contributed by atoms with Crippen molar-refractivity contribution in [1.82, 2.24) is 10.2 Å². The summed E-state index contributed by atoms with van der Waals surface area (Å²) in [6.07, 6.45) is 0.285. The maximum Gasteiger partial charge on any atom is 0.242 e. The third-order valence-electron chi connectivity index (χ3n) is 3.99. The van der Waals surface area contributed by atoms with Crippen molar-refractivity contribution in [3.63, 3.8) is 0 Å². The van der Waals surface area contributed by atoms with Crippen LogP contribution in [0.1, 0.15) is 31.9 Å². The fraction of sp³-hybridized carbons (Fsp3) is 0.333. The summed E-state index contributed by atoms with van der Waals surface area (Å²) in [5.41, 5.74) is 1.95. The smallest absolute Gasteiger partial charge is 0.242 e. The number of carbonyl (C=O) groups excluding carboxylic acids is 2. The summed E-state index contributed by atoms with van der Waals surface area (Å²) in [5, 5.41) is 2.89. The molecular weight excluding hydrogens is 312 g/mol. The molecule has 0 radical (unpaired) electrons. The molecule has 0 spiro atoms. The second-order valence-electron chi connectivity index (χ2n) is 6.51. The summed E-state index contributed by atoms with van der Waals surface area (Å²) in [6.45, 7) is 6.03. The minimum Gasteiger partial charge on any atom is -0.352 e. The van der Waals surface area contributed by atoms with Gasteiger partial charge in [0.1, 0.15) is 6.04 Å². The van der Waals surface area contributed by atoms with Crippen molar-refractivity contribution < 1.29 is 9.59 Å². The Morgan fingerprint density at radius 3 is 1.92 bits per heavy atom. The molecule has 0 aliphatic heterocycles. The van der Waals surface area contributed by atoms with E-state index >= 15 is 0 Å². The second kappa shape index (κ2) is 9.02. The molecule has 0 saturated carbocycles. The molecule has 0 heterocycles. The lowest BCUT2D eigenvalue weighted by atomic mass is 10.1. The zero-order valence-electron chi connectivity index (χ0n) is 15.1. The standard InChI is InChI=1S/C21H26N2O2/c1-16(2)22-21(25)17(3)23(15-19-12-8-5-9-13-19)20(24)14-18-10-6-4-7-11-18/h4-13,16-17H,14-15H2,1-3H3,(H,22,25)/t17-/m0/s1. The summed E-state index contributed by atoms with van der Waals surface area (Å²) in [5.74, 6) is -0.186. The predicted molar refractivity (Wildman–Crippen MR) is 99.9 cm³/mol. The lowest BCUT2D eigenvalue weighted by Gasteiger charge is -2.29. The average molecular weight is 338 g/mol. The van der Waals surface area contributed by atoms with E-state index in [-0.39, 0.29) is 24.3 Å². The number of hydrogen-bond acceptors (Lipinski definition) is 2. The molecule has 4 heteroatoms. The lowest BCUT2D eigenvalue weighted by Crippen LogP contribution is -2.49. The highest BCUT2D eigenvalue weighted by atomic mass is 16.2. The van der Waals surface area contributed by atoms with Crippen LogP contribution in [0.5, 0.6) is 0 Å². The van der Waals surface area contributed by atoms with Crippen molar-refractivity contribution in [2.75, 3.05) is 0 Å². The van der Waals surface area contributed by atoms with Gasteiger partial charge in [0.15, 0.2) is 0 Å². The van der Waals surface area contributed by atoms with Crippen LogP contribution in [0.15, 0.2) is 60.7 Å². The van der Waals surface area contributed by atoms with Gasteiger partial charge in [0.25, 0.3) is 0 Å². The van der Waals surface area contributed by atoms with Gasteiger partial charge in [0, 0.05) is 12.6 Å². The Balaban J connectivity index is 2.18. The molecule has 2 aromatic rings. The number of rotatable bonds is 7. The summed E-state index contributed by atoms with van der Waals surface area (Å²) in [7, 11) is 0. The van der Waals surface area contributed by atoms with E-state index in [1.54, 1.807) is 11.8 Å². The van der Waals surface area contributed by atoms with E-state index in [0.717, 1.165) is 11.1 Å². The quantitative estimate of drug-likeness (QED) is 0.843. The maximum atomic E-state index is 12.9. The second-order valence-corrected chi connectivity index (χ2v) is 6.51. The number of carbonyl (C=O) groups is 2. The molecular formula is C21H26N2O2. The molecule has 2 rings (SSSR count). The molecule has 0 saturated heterocycles. The third-order valence-corrected chi connectivity index (χ3v) is 3.99. The third kappa shape index (κ3) is 5.75. The Kier molecular flexibility index (Phi) is 6.75. The highest BCUT2D eigenvalue weighted by molar-refractivity contribution is 5.88. The number of amides is 2. The van der Waals surface area contributed by atoms with Crippen LogP contribution in [-0.2, 0) is 22.6 Å². The number of benzene rings is 2. The van der Waals surface area contributed by atoms with Crippen LogP contribution in [0.25, 0.3) is 0 Å². The first-order chi connectivity index (χ1) is 12.0. The van der Waals surface area contributed by atoms with Gasteiger partial charge >= 0.3 is 0 Å². The molecule has 0 aliphatic rings. The summed E-state index contributed by atoms with van der Waals surface area (Å²) in [6, 6.07) is 18.9. The average Bonchev–Trinajstić information content (AvgIpc) is 2.60. The molecule has 0 aromatic heterocycles. The Morgan fingerprint density at radius 2 is 1.40 bits per heavy atom. The van der Waals surface area contributed by atoms with E-state index in [0.29, 0.717) is 6.54 Å². The van der Waals surface area contributed by atoms with Crippen molar-refractivity contribution in [3.05, 3.63) is 71.8 Å². The molecule has 0 fully saturated rings. The van der Waals surface area contributed by atoms with Gasteiger partial charge < -0.3 is 10.2 Å². The van der Waals surface area contributed by atoms with E-state index in [4.69, 9.17) is 0 Å². The highest BCUT2D eigenvalue weighted by Gasteiger charge is 2.26. The van der Waals surface area contributed by atoms with Gasteiger partial charge in [-0.3, -0.25) is 9.59 Å². The van der Waals surface area contributed by atoms with Crippen LogP contribution in [0.4, 0.5) is 0 Å². The molecule has 0 bridgehead atoms. The van der Waals surface area contributed by atoms with Gasteiger partial charge in [-0.2, -0.15) is 0 Å². The fourth-order valence-electron chi connectivity index (χ4n) is 2.64. The topological polar surface area (TPSA) is 49.4 Å². The van der Waals surface area contributed by atoms with Gasteiger partial charge in [-0.25, -0.2) is 0 Å². The lowest BCUT2D eigenvalue weighted by molar-refractivity contribution is -0.140. The van der Waals surface area contributed by atoms with Crippen LogP contribution in [0, 0.1) is 0 Å². The first-order valence-corrected chi connectivity index (χ1v) is 8.65. The fourth-order valence-corrected chi connectivity index (χ4v) is 2.64. The Bertz CT molecular complexity index is 684. The molecule has 132 valence electrons. The maximum absolute atomic E-state index is 12.9. The molecule has 0 unspecified atom stereocenters. The minimum absolute atomic E-state index is 0.0396. The number of nitrogens with one attached hydrogen (secondary N) is 1. The van der Waals surface area contributed by atoms with Gasteiger partial charge in [-0.1, -0.05) is 60.7 Å². The highest BCUT2D eigenvalue weighted by Crippen LogP contribution is 2.12. The molecule has 0 aliphatic carbocycles. The Hall–Kier alpha value is -2.62. The van der Waals surface area contributed by atoms with Gasteiger partial charge in [-0.05, 0) is 31.9 Å². The van der Waals surface area contributed by atoms with Crippen LogP contribution >= 0.6 is 0 Å². The normalized spacial score (nSPS) is 11.8. The number of nitrogens with zero attached hydrogens (tertiary/aromatic N) is 1. The zero-order valence-corrected chi connectivity index (χ0v) is 15.1. The van der Waals surface area contributed by atoms with Crippen LogP contribution < -0.4 is 5.32 Å². The van der Waals surface area contributed by atoms with Gasteiger partial charge in [0.2, 0.25) is 11.8 Å². The van der Waals surface area contributed by atoms with E-state index in [1.807, 2.05) is 74.5 Å². The molecule has 1 atom stereocenters. The van der Waals surface area contributed by atoms with Crippen LogP contribution in [0.3, 0.4) is 0 Å². The van der Waals surface area contributed by atoms with Crippen molar-refractivity contribution >= 4 is 11.8 Å². The van der Waals surface area contributed by atoms with Crippen molar-refractivity contribution in [2.45, 2.75) is 45.8 Å². The molecule has 2 aromatic carbocycles. The van der Waals surface area contributed by atoms with Crippen LogP contribution in [0.2, 0.25) is 0 Å². The SMILES string of the molecule is CC(C)NC(=O)[C@H](C)N(Cc1ccccc1)C(=O)Cc1ccccc1. The Labute approximate surface area is 149 Å². The molecule has 4 nitrogen and oxygen atoms in total. The van der Waals surface area contributed by atoms with Crippen molar-refractivity contribution in [1.29, 1.82) is 0 Å². The molecule has 2 amide bonds. The number of hydrogen-bond donors (Lipinski definition) is 1. The predicted octanol–water partition coefficient (Wildman–Crippen LogP) is 3.17. The van der Waals surface area contributed by atoms with Gasteiger partial charge in [0.05, 0.1) is 6.42 Å². The molecule has 1 N–H and O–H groups in total. The van der Waals surface area contributed by atoms with E-state index in [1.165, 1.54) is 0 Å². The summed E-state index contributed by atoms with van der Waals surface area (Å²) < 4.78 is 0. The first-order valence-electron chi connectivity index (χ1n) is 8.65. The summed E-state index contributed by atoms with van der Waals surface area (Å²) >= 11 is 0. The zero-order chi connectivity index (χ0) is 18.2. The summed E-state index contributed by atoms with van der Waals surface area (Å²) in [4.78, 5) is 27.0. The van der Waals surface area contributed by atoms with Crippen molar-refractivity contribution in [3.8, 4) is 0 Å². The largest absolute Gasteiger partial charge is 0.352 e. The molecule has 25 heavy (non-hydrogen) atoms. The van der Waals surface area contributed by atoms with Gasteiger partial charge in [-0.15, -0.1) is 0 Å². The van der Waals surface area contributed by atoms with E-state index in [9.17, 15) is 9.59 Å². The Morgan fingerprint density at radius 1 is 0.880 bits per heavy atom.